The number of benzene rings is 1. The zero-order valence-electron chi connectivity index (χ0n) is 11.7. The van der Waals surface area contributed by atoms with Crippen molar-refractivity contribution in [3.05, 3.63) is 29.3 Å². The summed E-state index contributed by atoms with van der Waals surface area (Å²) in [5.41, 5.74) is -0.419. The number of fused-ring (bicyclic) bond motifs is 1. The van der Waals surface area contributed by atoms with Crippen LogP contribution < -0.4 is 0 Å². The van der Waals surface area contributed by atoms with Crippen LogP contribution >= 0.6 is 9.24 Å². The summed E-state index contributed by atoms with van der Waals surface area (Å²) in [6, 6.07) is 5.82. The molecule has 0 amide bonds. The number of hydrogen-bond donors (Lipinski definition) is 1. The van der Waals surface area contributed by atoms with Crippen LogP contribution in [0.1, 0.15) is 43.7 Å². The molecule has 1 aliphatic carbocycles. The fourth-order valence-corrected chi connectivity index (χ4v) is 2.07. The smallest absolute Gasteiger partial charge is 0.315 e. The van der Waals surface area contributed by atoms with Gasteiger partial charge in [0, 0.05) is 6.92 Å². The van der Waals surface area contributed by atoms with E-state index in [1.807, 2.05) is 6.07 Å². The topological polar surface area (TPSA) is 37.3 Å². The molecule has 5 heteroatoms. The number of carbonyl (C=O) groups is 1. The average Bonchev–Trinajstić information content (AvgIpc) is 2.31. The van der Waals surface area contributed by atoms with Gasteiger partial charge in [-0.1, -0.05) is 28.1 Å². The third-order valence-corrected chi connectivity index (χ3v) is 3.71. The number of aryl methyl sites for hydroxylation is 2. The first-order valence-electron chi connectivity index (χ1n) is 6.79. The van der Waals surface area contributed by atoms with E-state index in [0.717, 1.165) is 22.6 Å². The first-order valence-corrected chi connectivity index (χ1v) is 7.37. The summed E-state index contributed by atoms with van der Waals surface area (Å²) in [5.74, 6) is -0.711. The standard InChI is InChI=1S/C12H16O.C3H5F2OP/c13-12-8-7-10-5-3-1-2-4-6-11(10)9-12;1-2(6)3(4,5)7/h7-9,13H,1-6H2;7H2,1H3. The molecular formula is C15H21F2O2P. The Bertz CT molecular complexity index is 456. The van der Waals surface area contributed by atoms with E-state index in [2.05, 4.69) is 6.07 Å². The molecule has 0 radical (unpaired) electrons. The molecule has 0 bridgehead atoms. The summed E-state index contributed by atoms with van der Waals surface area (Å²) < 4.78 is 22.9. The van der Waals surface area contributed by atoms with Gasteiger partial charge in [-0.2, -0.15) is 8.78 Å². The predicted molar refractivity (Wildman–Crippen MR) is 79.3 cm³/mol. The lowest BCUT2D eigenvalue weighted by molar-refractivity contribution is -0.130. The SMILES string of the molecule is CC(=O)C(F)(F)P.Oc1ccc2c(c1)CCCCCC2. The van der Waals surface area contributed by atoms with Gasteiger partial charge in [-0.25, -0.2) is 0 Å². The predicted octanol–water partition coefficient (Wildman–Crippen LogP) is 4.09. The molecule has 1 atom stereocenters. The highest BCUT2D eigenvalue weighted by molar-refractivity contribution is 7.20. The van der Waals surface area contributed by atoms with Gasteiger partial charge in [0.2, 0.25) is 5.78 Å². The second-order valence-corrected chi connectivity index (χ2v) is 5.77. The second-order valence-electron chi connectivity index (χ2n) is 5.05. The maximum Gasteiger partial charge on any atom is 0.315 e. The molecule has 1 unspecified atom stereocenters. The molecule has 112 valence electrons. The summed E-state index contributed by atoms with van der Waals surface area (Å²) in [6.07, 6.45) is 7.61. The molecule has 2 nitrogen and oxygen atoms in total. The Kier molecular flexibility index (Phi) is 6.54. The zero-order valence-corrected chi connectivity index (χ0v) is 12.8. The number of Topliss-reactive ketones (excluding diaryl/α,β-unsaturated/α-hetero) is 1. The number of hydrogen-bond acceptors (Lipinski definition) is 2. The van der Waals surface area contributed by atoms with Gasteiger partial charge in [0.15, 0.2) is 0 Å². The van der Waals surface area contributed by atoms with Crippen molar-refractivity contribution in [1.82, 2.24) is 0 Å². The van der Waals surface area contributed by atoms with E-state index in [1.165, 1.54) is 43.2 Å². The van der Waals surface area contributed by atoms with Crippen LogP contribution in [0.5, 0.6) is 5.75 Å². The minimum Gasteiger partial charge on any atom is -0.508 e. The van der Waals surface area contributed by atoms with Crippen molar-refractivity contribution in [2.75, 3.05) is 0 Å². The van der Waals surface area contributed by atoms with Crippen LogP contribution in [0.25, 0.3) is 0 Å². The number of ketones is 1. The van der Waals surface area contributed by atoms with Gasteiger partial charge < -0.3 is 5.11 Å². The van der Waals surface area contributed by atoms with Gasteiger partial charge >= 0.3 is 5.66 Å². The number of alkyl halides is 2. The Labute approximate surface area is 120 Å². The Morgan fingerprint density at radius 1 is 1.15 bits per heavy atom. The molecule has 2 rings (SSSR count). The number of halogens is 2. The maximum atomic E-state index is 11.5. The molecule has 1 N–H and O–H groups in total. The number of phenols is 1. The molecule has 20 heavy (non-hydrogen) atoms. The van der Waals surface area contributed by atoms with Crippen molar-refractivity contribution in [2.24, 2.45) is 0 Å². The van der Waals surface area contributed by atoms with Crippen molar-refractivity contribution >= 4 is 15.0 Å². The minimum atomic E-state index is -3.22. The molecule has 0 aliphatic heterocycles. The molecule has 1 aromatic carbocycles. The maximum absolute atomic E-state index is 11.5. The van der Waals surface area contributed by atoms with Crippen LogP contribution in [0.2, 0.25) is 0 Å². The van der Waals surface area contributed by atoms with Crippen LogP contribution in [0.4, 0.5) is 8.78 Å². The first kappa shape index (κ1) is 17.0. The summed E-state index contributed by atoms with van der Waals surface area (Å²) in [6.45, 7) is 0.840. The first-order chi connectivity index (χ1) is 9.30. The van der Waals surface area contributed by atoms with Gasteiger partial charge in [0.05, 0.1) is 0 Å². The van der Waals surface area contributed by atoms with Crippen LogP contribution in [0.15, 0.2) is 18.2 Å². The van der Waals surface area contributed by atoms with E-state index in [0.29, 0.717) is 5.75 Å². The van der Waals surface area contributed by atoms with E-state index in [1.54, 1.807) is 6.07 Å². The molecule has 0 saturated heterocycles. The van der Waals surface area contributed by atoms with E-state index in [4.69, 9.17) is 0 Å². The normalized spacial score (nSPS) is 15.2. The molecule has 0 fully saturated rings. The van der Waals surface area contributed by atoms with Gasteiger partial charge in [0.25, 0.3) is 0 Å². The summed E-state index contributed by atoms with van der Waals surface area (Å²) in [4.78, 5) is 9.69. The van der Waals surface area contributed by atoms with Gasteiger partial charge in [-0.15, -0.1) is 0 Å². The van der Waals surface area contributed by atoms with Crippen LogP contribution in [0.3, 0.4) is 0 Å². The van der Waals surface area contributed by atoms with Crippen molar-refractivity contribution < 1.29 is 18.7 Å². The van der Waals surface area contributed by atoms with Crippen molar-refractivity contribution in [1.29, 1.82) is 0 Å². The Hall–Kier alpha value is -1.02. The summed E-state index contributed by atoms with van der Waals surface area (Å²) in [5, 5.41) is 9.35. The van der Waals surface area contributed by atoms with Crippen molar-refractivity contribution in [2.45, 2.75) is 51.1 Å². The Balaban J connectivity index is 0.000000246. The van der Waals surface area contributed by atoms with Crippen molar-refractivity contribution in [3.8, 4) is 5.75 Å². The van der Waals surface area contributed by atoms with E-state index in [-0.39, 0.29) is 0 Å². The fraction of sp³-hybridized carbons (Fsp3) is 0.533. The summed E-state index contributed by atoms with van der Waals surface area (Å²) >= 11 is 0. The molecule has 1 aliphatic rings. The van der Waals surface area contributed by atoms with Gasteiger partial charge in [-0.3, -0.25) is 4.79 Å². The molecule has 0 aromatic heterocycles. The number of aromatic hydroxyl groups is 1. The molecule has 1 aromatic rings. The molecule has 0 heterocycles. The lowest BCUT2D eigenvalue weighted by atomic mass is 9.93. The van der Waals surface area contributed by atoms with E-state index < -0.39 is 11.4 Å². The Morgan fingerprint density at radius 2 is 1.65 bits per heavy atom. The van der Waals surface area contributed by atoms with Crippen LogP contribution in [-0.2, 0) is 17.6 Å². The number of rotatable bonds is 1. The zero-order chi connectivity index (χ0) is 15.2. The monoisotopic (exact) mass is 302 g/mol. The Morgan fingerprint density at radius 3 is 2.15 bits per heavy atom. The van der Waals surface area contributed by atoms with Gasteiger partial charge in [0.1, 0.15) is 5.75 Å². The quantitative estimate of drug-likeness (QED) is 0.793. The minimum absolute atomic E-state index is 0.416. The highest BCUT2D eigenvalue weighted by Crippen LogP contribution is 2.23. The highest BCUT2D eigenvalue weighted by Gasteiger charge is 2.27. The number of phenolic OH excluding ortho intramolecular Hbond substituents is 1. The van der Waals surface area contributed by atoms with Crippen molar-refractivity contribution in [3.63, 3.8) is 0 Å². The average molecular weight is 302 g/mol. The molecular weight excluding hydrogens is 281 g/mol. The summed E-state index contributed by atoms with van der Waals surface area (Å²) in [7, 11) is 1.15. The number of carbonyl (C=O) groups excluding carboxylic acids is 1. The molecule has 0 saturated carbocycles. The lowest BCUT2D eigenvalue weighted by Crippen LogP contribution is -2.15. The van der Waals surface area contributed by atoms with E-state index in [9.17, 15) is 18.7 Å². The molecule has 0 spiro atoms. The van der Waals surface area contributed by atoms with Crippen LogP contribution in [-0.4, -0.2) is 16.6 Å². The van der Waals surface area contributed by atoms with Crippen LogP contribution in [0, 0.1) is 0 Å². The fourth-order valence-electron chi connectivity index (χ4n) is 2.07. The largest absolute Gasteiger partial charge is 0.508 e. The third kappa shape index (κ3) is 5.96. The second kappa shape index (κ2) is 7.68. The third-order valence-electron chi connectivity index (χ3n) is 3.30. The lowest BCUT2D eigenvalue weighted by Gasteiger charge is -2.13. The van der Waals surface area contributed by atoms with Gasteiger partial charge in [-0.05, 0) is 48.9 Å². The van der Waals surface area contributed by atoms with E-state index >= 15 is 0 Å². The highest BCUT2D eigenvalue weighted by atomic mass is 31.0.